The molecule has 0 spiro atoms. The Morgan fingerprint density at radius 3 is 2.13 bits per heavy atom. The normalized spacial score (nSPS) is 11.7. The lowest BCUT2D eigenvalue weighted by molar-refractivity contribution is -0.115. The average Bonchev–Trinajstić information content (AvgIpc) is 3.06. The number of carbonyl (C=O) groups excluding carboxylic acids is 3. The molecule has 4 aromatic rings. The van der Waals surface area contributed by atoms with E-state index in [0.29, 0.717) is 44.8 Å². The number of anilines is 2. The molecule has 0 bridgehead atoms. The summed E-state index contributed by atoms with van der Waals surface area (Å²) in [6.07, 6.45) is 1.51. The van der Waals surface area contributed by atoms with Crippen LogP contribution in [-0.4, -0.2) is 44.3 Å². The molecule has 0 radical (unpaired) electrons. The molecule has 0 saturated carbocycles. The Morgan fingerprint density at radius 2 is 1.48 bits per heavy atom. The van der Waals surface area contributed by atoms with Gasteiger partial charge in [-0.1, -0.05) is 53.5 Å². The maximum absolute atomic E-state index is 13.6. The largest absolute Gasteiger partial charge is 0.493 e. The van der Waals surface area contributed by atoms with Crippen LogP contribution in [-0.2, 0) is 9.59 Å². The van der Waals surface area contributed by atoms with Crippen LogP contribution in [0.4, 0.5) is 11.4 Å². The third-order valence-corrected chi connectivity index (χ3v) is 8.42. The van der Waals surface area contributed by atoms with Gasteiger partial charge >= 0.3 is 0 Å². The van der Waals surface area contributed by atoms with E-state index in [4.69, 9.17) is 37.4 Å². The summed E-state index contributed by atoms with van der Waals surface area (Å²) in [4.78, 5) is 40.3. The van der Waals surface area contributed by atoms with Crippen molar-refractivity contribution in [3.05, 3.63) is 112 Å². The summed E-state index contributed by atoms with van der Waals surface area (Å²) in [5, 5.41) is 8.43. The van der Waals surface area contributed by atoms with E-state index in [1.54, 1.807) is 85.8 Å². The van der Waals surface area contributed by atoms with Gasteiger partial charge in [0.05, 0.1) is 42.3 Å². The van der Waals surface area contributed by atoms with Crippen molar-refractivity contribution in [1.29, 1.82) is 0 Å². The van der Waals surface area contributed by atoms with Gasteiger partial charge in [0.15, 0.2) is 11.5 Å². The first-order valence-electron chi connectivity index (χ1n) is 13.8. The van der Waals surface area contributed by atoms with E-state index in [9.17, 15) is 14.4 Å². The van der Waals surface area contributed by atoms with Crippen molar-refractivity contribution in [2.45, 2.75) is 17.1 Å². The molecule has 9 nitrogen and oxygen atoms in total. The first-order valence-corrected chi connectivity index (χ1v) is 15.5. The van der Waals surface area contributed by atoms with Crippen molar-refractivity contribution < 1.29 is 28.6 Å². The minimum Gasteiger partial charge on any atom is -0.493 e. The van der Waals surface area contributed by atoms with Gasteiger partial charge in [-0.25, -0.2) is 0 Å². The van der Waals surface area contributed by atoms with Crippen molar-refractivity contribution in [3.8, 4) is 17.2 Å². The first kappa shape index (κ1) is 34.2. The summed E-state index contributed by atoms with van der Waals surface area (Å²) in [7, 11) is 4.46. The van der Waals surface area contributed by atoms with Crippen LogP contribution in [0.5, 0.6) is 17.2 Å². The summed E-state index contributed by atoms with van der Waals surface area (Å²) in [5.41, 5.74) is 1.71. The summed E-state index contributed by atoms with van der Waals surface area (Å²) in [6.45, 7) is 1.75. The predicted molar refractivity (Wildman–Crippen MR) is 183 cm³/mol. The Balaban J connectivity index is 1.57. The third-order valence-electron chi connectivity index (χ3n) is 6.51. The fraction of sp³-hybridized carbons (Fsp3) is 0.147. The highest BCUT2D eigenvalue weighted by Gasteiger charge is 2.20. The van der Waals surface area contributed by atoms with Gasteiger partial charge in [0.25, 0.3) is 11.8 Å². The van der Waals surface area contributed by atoms with Gasteiger partial charge in [-0.3, -0.25) is 14.4 Å². The zero-order chi connectivity index (χ0) is 33.2. The summed E-state index contributed by atoms with van der Waals surface area (Å²) >= 11 is 13.6. The lowest BCUT2D eigenvalue weighted by Crippen LogP contribution is -2.30. The SMILES string of the molecule is COc1cc(/C=C(/NC(=O)c2ccccc2)C(=O)Nc2cccc(SC(C)C(=O)Nc3cccc(Cl)c3Cl)c2)cc(OC)c1OC. The molecular weight excluding hydrogens is 649 g/mol. The number of hydrogen-bond donors (Lipinski definition) is 3. The van der Waals surface area contributed by atoms with E-state index >= 15 is 0 Å². The molecule has 1 atom stereocenters. The Hall–Kier alpha value is -4.64. The van der Waals surface area contributed by atoms with Crippen molar-refractivity contribution in [3.63, 3.8) is 0 Å². The van der Waals surface area contributed by atoms with Gasteiger partial charge in [-0.15, -0.1) is 11.8 Å². The average molecular weight is 681 g/mol. The van der Waals surface area contributed by atoms with Crippen LogP contribution in [0, 0.1) is 0 Å². The molecule has 3 N–H and O–H groups in total. The summed E-state index contributed by atoms with van der Waals surface area (Å²) in [6, 6.07) is 23.8. The number of halogens is 2. The van der Waals surface area contributed by atoms with E-state index in [0.717, 1.165) is 4.90 Å². The van der Waals surface area contributed by atoms with Gasteiger partial charge in [0.1, 0.15) is 5.70 Å². The van der Waals surface area contributed by atoms with Crippen LogP contribution in [0.25, 0.3) is 6.08 Å². The molecular formula is C34H31Cl2N3O6S. The van der Waals surface area contributed by atoms with Crippen molar-refractivity contribution in [2.24, 2.45) is 0 Å². The molecule has 46 heavy (non-hydrogen) atoms. The number of carbonyl (C=O) groups is 3. The molecule has 0 aliphatic rings. The van der Waals surface area contributed by atoms with Crippen LogP contribution in [0.2, 0.25) is 10.0 Å². The van der Waals surface area contributed by atoms with E-state index < -0.39 is 17.1 Å². The number of amides is 3. The highest BCUT2D eigenvalue weighted by Crippen LogP contribution is 2.39. The lowest BCUT2D eigenvalue weighted by atomic mass is 10.1. The van der Waals surface area contributed by atoms with E-state index in [2.05, 4.69) is 16.0 Å². The number of hydrogen-bond acceptors (Lipinski definition) is 7. The summed E-state index contributed by atoms with van der Waals surface area (Å²) < 4.78 is 16.3. The van der Waals surface area contributed by atoms with Crippen LogP contribution < -0.4 is 30.2 Å². The molecule has 0 heterocycles. The topological polar surface area (TPSA) is 115 Å². The molecule has 4 rings (SSSR count). The van der Waals surface area contributed by atoms with Gasteiger partial charge < -0.3 is 30.2 Å². The monoisotopic (exact) mass is 679 g/mol. The molecule has 4 aromatic carbocycles. The second-order valence-corrected chi connectivity index (χ2v) is 11.9. The molecule has 12 heteroatoms. The highest BCUT2D eigenvalue weighted by atomic mass is 35.5. The molecule has 238 valence electrons. The van der Waals surface area contributed by atoms with Gasteiger partial charge in [0, 0.05) is 16.1 Å². The van der Waals surface area contributed by atoms with Gasteiger partial charge in [-0.2, -0.15) is 0 Å². The van der Waals surface area contributed by atoms with Crippen LogP contribution >= 0.6 is 35.0 Å². The molecule has 0 aromatic heterocycles. The van der Waals surface area contributed by atoms with E-state index in [-0.39, 0.29) is 16.6 Å². The van der Waals surface area contributed by atoms with Gasteiger partial charge in [-0.05, 0) is 73.2 Å². The van der Waals surface area contributed by atoms with Crippen molar-refractivity contribution in [2.75, 3.05) is 32.0 Å². The Morgan fingerprint density at radius 1 is 0.804 bits per heavy atom. The first-order chi connectivity index (χ1) is 22.1. The molecule has 0 saturated heterocycles. The van der Waals surface area contributed by atoms with Crippen molar-refractivity contribution >= 4 is 70.1 Å². The fourth-order valence-corrected chi connectivity index (χ4v) is 5.51. The predicted octanol–water partition coefficient (Wildman–Crippen LogP) is 7.55. The minimum atomic E-state index is -0.582. The second kappa shape index (κ2) is 16.1. The lowest BCUT2D eigenvalue weighted by Gasteiger charge is -2.15. The Kier molecular flexibility index (Phi) is 12.0. The second-order valence-electron chi connectivity index (χ2n) is 9.67. The maximum Gasteiger partial charge on any atom is 0.272 e. The highest BCUT2D eigenvalue weighted by molar-refractivity contribution is 8.00. The zero-order valence-corrected chi connectivity index (χ0v) is 27.7. The molecule has 0 aliphatic carbocycles. The minimum absolute atomic E-state index is 0.0349. The van der Waals surface area contributed by atoms with Crippen LogP contribution in [0.15, 0.2) is 95.5 Å². The van der Waals surface area contributed by atoms with E-state index in [1.165, 1.54) is 39.2 Å². The number of thioether (sulfide) groups is 1. The van der Waals surface area contributed by atoms with Crippen LogP contribution in [0.1, 0.15) is 22.8 Å². The smallest absolute Gasteiger partial charge is 0.272 e. The fourth-order valence-electron chi connectivity index (χ4n) is 4.23. The Bertz CT molecular complexity index is 1740. The van der Waals surface area contributed by atoms with Crippen LogP contribution in [0.3, 0.4) is 0 Å². The van der Waals surface area contributed by atoms with E-state index in [1.807, 2.05) is 6.07 Å². The molecule has 1 unspecified atom stereocenters. The maximum atomic E-state index is 13.6. The number of rotatable bonds is 12. The standard InChI is InChI=1S/C34H31Cl2N3O6S/c1-20(32(40)38-26-15-9-14-25(35)30(26)36)46-24-13-8-12-23(19-24)37-34(42)27(39-33(41)22-10-6-5-7-11-22)16-21-17-28(43-2)31(45-4)29(18-21)44-3/h5-20H,1-4H3,(H,37,42)(H,38,40)(H,39,41)/b27-16+. The number of nitrogens with one attached hydrogen (secondary N) is 3. The number of benzene rings is 4. The quantitative estimate of drug-likeness (QED) is 0.105. The number of methoxy groups -OCH3 is 3. The van der Waals surface area contributed by atoms with Crippen molar-refractivity contribution in [1.82, 2.24) is 5.32 Å². The van der Waals surface area contributed by atoms with Gasteiger partial charge in [0.2, 0.25) is 11.7 Å². The number of ether oxygens (including phenoxy) is 3. The Labute approximate surface area is 281 Å². The molecule has 0 fully saturated rings. The summed E-state index contributed by atoms with van der Waals surface area (Å²) in [5.74, 6) is -0.192. The molecule has 0 aliphatic heterocycles. The third kappa shape index (κ3) is 8.75. The molecule has 3 amide bonds. The zero-order valence-electron chi connectivity index (χ0n) is 25.4.